The molecule has 0 saturated carbocycles. The van der Waals surface area contributed by atoms with Crippen LogP contribution in [0.1, 0.15) is 21.5 Å². The molecule has 0 aromatic heterocycles. The SMILES string of the molecule is O=Cc1ccc(C2=Nc3ccccc3C2)cc1. The number of hydrogen-bond donors (Lipinski definition) is 0. The molecule has 2 heteroatoms. The number of carbonyl (C=O) groups is 1. The minimum atomic E-state index is 0.699. The molecule has 3 rings (SSSR count). The highest BCUT2D eigenvalue weighted by Crippen LogP contribution is 2.28. The van der Waals surface area contributed by atoms with Crippen molar-refractivity contribution in [1.29, 1.82) is 0 Å². The normalized spacial score (nSPS) is 13.1. The first-order chi connectivity index (χ1) is 8.36. The van der Waals surface area contributed by atoms with Gasteiger partial charge in [0, 0.05) is 12.0 Å². The molecule has 2 nitrogen and oxygen atoms in total. The molecule has 0 bridgehead atoms. The van der Waals surface area contributed by atoms with E-state index in [0.29, 0.717) is 5.56 Å². The number of carbonyl (C=O) groups excluding carboxylic acids is 1. The fourth-order valence-electron chi connectivity index (χ4n) is 2.06. The zero-order valence-electron chi connectivity index (χ0n) is 9.26. The van der Waals surface area contributed by atoms with E-state index in [4.69, 9.17) is 0 Å². The van der Waals surface area contributed by atoms with E-state index in [1.807, 2.05) is 42.5 Å². The van der Waals surface area contributed by atoms with Crippen LogP contribution in [0, 0.1) is 0 Å². The fraction of sp³-hybridized carbons (Fsp3) is 0.0667. The van der Waals surface area contributed by atoms with Crippen LogP contribution in [0.3, 0.4) is 0 Å². The van der Waals surface area contributed by atoms with Gasteiger partial charge in [-0.3, -0.25) is 9.79 Å². The van der Waals surface area contributed by atoms with Gasteiger partial charge in [0.25, 0.3) is 0 Å². The van der Waals surface area contributed by atoms with Crippen LogP contribution in [0.25, 0.3) is 0 Å². The molecule has 0 fully saturated rings. The molecule has 1 aliphatic heterocycles. The summed E-state index contributed by atoms with van der Waals surface area (Å²) in [6.07, 6.45) is 1.73. The van der Waals surface area contributed by atoms with E-state index in [1.165, 1.54) is 5.56 Å². The lowest BCUT2D eigenvalue weighted by molar-refractivity contribution is 0.112. The highest BCUT2D eigenvalue weighted by molar-refractivity contribution is 6.06. The lowest BCUT2D eigenvalue weighted by Gasteiger charge is -2.00. The lowest BCUT2D eigenvalue weighted by atomic mass is 10.0. The van der Waals surface area contributed by atoms with E-state index in [9.17, 15) is 4.79 Å². The van der Waals surface area contributed by atoms with Crippen LogP contribution in [0.4, 0.5) is 5.69 Å². The van der Waals surface area contributed by atoms with Gasteiger partial charge >= 0.3 is 0 Å². The molecule has 2 aromatic rings. The minimum Gasteiger partial charge on any atom is -0.298 e. The second-order valence-electron chi connectivity index (χ2n) is 4.10. The van der Waals surface area contributed by atoms with Crippen molar-refractivity contribution in [3.8, 4) is 0 Å². The van der Waals surface area contributed by atoms with E-state index < -0.39 is 0 Å². The smallest absolute Gasteiger partial charge is 0.150 e. The third-order valence-corrected chi connectivity index (χ3v) is 2.98. The summed E-state index contributed by atoms with van der Waals surface area (Å²) in [6.45, 7) is 0. The summed E-state index contributed by atoms with van der Waals surface area (Å²) in [5, 5.41) is 0. The number of fused-ring (bicyclic) bond motifs is 1. The van der Waals surface area contributed by atoms with E-state index in [0.717, 1.165) is 29.7 Å². The number of hydrogen-bond acceptors (Lipinski definition) is 2. The zero-order chi connectivity index (χ0) is 11.7. The molecule has 0 unspecified atom stereocenters. The summed E-state index contributed by atoms with van der Waals surface area (Å²) < 4.78 is 0. The van der Waals surface area contributed by atoms with Crippen molar-refractivity contribution in [2.45, 2.75) is 6.42 Å². The maximum Gasteiger partial charge on any atom is 0.150 e. The predicted octanol–water partition coefficient (Wildman–Crippen LogP) is 3.18. The van der Waals surface area contributed by atoms with Gasteiger partial charge < -0.3 is 0 Å². The van der Waals surface area contributed by atoms with Crippen molar-refractivity contribution in [1.82, 2.24) is 0 Å². The first-order valence-electron chi connectivity index (χ1n) is 5.58. The summed E-state index contributed by atoms with van der Waals surface area (Å²) in [5.74, 6) is 0. The highest BCUT2D eigenvalue weighted by Gasteiger charge is 2.14. The molecule has 0 amide bonds. The molecule has 1 aliphatic rings. The second kappa shape index (κ2) is 3.98. The highest BCUT2D eigenvalue weighted by atomic mass is 16.1. The van der Waals surface area contributed by atoms with Crippen molar-refractivity contribution in [3.63, 3.8) is 0 Å². The van der Waals surface area contributed by atoms with Crippen molar-refractivity contribution in [2.75, 3.05) is 0 Å². The second-order valence-corrected chi connectivity index (χ2v) is 4.10. The minimum absolute atomic E-state index is 0.699. The van der Waals surface area contributed by atoms with Gasteiger partial charge in [-0.25, -0.2) is 0 Å². The average molecular weight is 221 g/mol. The van der Waals surface area contributed by atoms with Gasteiger partial charge in [-0.1, -0.05) is 42.5 Å². The fourth-order valence-corrected chi connectivity index (χ4v) is 2.06. The summed E-state index contributed by atoms with van der Waals surface area (Å²) in [4.78, 5) is 15.2. The van der Waals surface area contributed by atoms with Crippen LogP contribution in [-0.4, -0.2) is 12.0 Å². The number of rotatable bonds is 2. The average Bonchev–Trinajstić information content (AvgIpc) is 2.82. The van der Waals surface area contributed by atoms with E-state index in [-0.39, 0.29) is 0 Å². The van der Waals surface area contributed by atoms with Crippen molar-refractivity contribution >= 4 is 17.7 Å². The molecule has 1 heterocycles. The first kappa shape index (κ1) is 9.97. The van der Waals surface area contributed by atoms with Crippen LogP contribution >= 0.6 is 0 Å². The third kappa shape index (κ3) is 1.78. The van der Waals surface area contributed by atoms with Crippen LogP contribution in [0.5, 0.6) is 0 Å². The molecule has 0 atom stereocenters. The van der Waals surface area contributed by atoms with Crippen LogP contribution in [0.2, 0.25) is 0 Å². The number of benzene rings is 2. The van der Waals surface area contributed by atoms with Gasteiger partial charge in [0.2, 0.25) is 0 Å². The maximum atomic E-state index is 10.6. The van der Waals surface area contributed by atoms with Crippen LogP contribution in [0.15, 0.2) is 53.5 Å². The Morgan fingerprint density at radius 1 is 1.00 bits per heavy atom. The quantitative estimate of drug-likeness (QED) is 0.716. The molecule has 17 heavy (non-hydrogen) atoms. The number of para-hydroxylation sites is 1. The molecule has 0 spiro atoms. The number of aliphatic imine (C=N–C) groups is 1. The zero-order valence-corrected chi connectivity index (χ0v) is 9.26. The summed E-state index contributed by atoms with van der Waals surface area (Å²) in [7, 11) is 0. The van der Waals surface area contributed by atoms with Gasteiger partial charge in [-0.15, -0.1) is 0 Å². The lowest BCUT2D eigenvalue weighted by Crippen LogP contribution is -2.00. The Kier molecular flexibility index (Phi) is 2.33. The topological polar surface area (TPSA) is 29.4 Å². The molecule has 0 aliphatic carbocycles. The Balaban J connectivity index is 1.95. The molecule has 0 saturated heterocycles. The molecule has 2 aromatic carbocycles. The standard InChI is InChI=1S/C15H11NO/c17-10-11-5-7-12(8-6-11)15-9-13-3-1-2-4-14(13)16-15/h1-8,10H,9H2. The van der Waals surface area contributed by atoms with Crippen LogP contribution < -0.4 is 0 Å². The molecular formula is C15H11NO. The summed E-state index contributed by atoms with van der Waals surface area (Å²) in [5.41, 5.74) is 5.18. The first-order valence-corrected chi connectivity index (χ1v) is 5.58. The number of aldehydes is 1. The summed E-state index contributed by atoms with van der Waals surface area (Å²) >= 11 is 0. The summed E-state index contributed by atoms with van der Waals surface area (Å²) in [6, 6.07) is 15.7. The molecule has 0 radical (unpaired) electrons. The number of nitrogens with zero attached hydrogens (tertiary/aromatic N) is 1. The monoisotopic (exact) mass is 221 g/mol. The maximum absolute atomic E-state index is 10.6. The van der Waals surface area contributed by atoms with E-state index in [2.05, 4.69) is 11.1 Å². The van der Waals surface area contributed by atoms with Gasteiger partial charge in [-0.05, 0) is 17.2 Å². The van der Waals surface area contributed by atoms with Gasteiger partial charge in [0.1, 0.15) is 6.29 Å². The molecule has 82 valence electrons. The largest absolute Gasteiger partial charge is 0.298 e. The van der Waals surface area contributed by atoms with Gasteiger partial charge in [0.15, 0.2) is 0 Å². The Morgan fingerprint density at radius 2 is 1.76 bits per heavy atom. The van der Waals surface area contributed by atoms with Crippen LogP contribution in [-0.2, 0) is 6.42 Å². The Hall–Kier alpha value is -2.22. The van der Waals surface area contributed by atoms with E-state index in [1.54, 1.807) is 0 Å². The van der Waals surface area contributed by atoms with Crippen molar-refractivity contribution in [3.05, 3.63) is 65.2 Å². The third-order valence-electron chi connectivity index (χ3n) is 2.98. The Bertz CT molecular complexity index is 597. The van der Waals surface area contributed by atoms with Crippen molar-refractivity contribution < 1.29 is 4.79 Å². The Labute approximate surface area is 99.6 Å². The molecular weight excluding hydrogens is 210 g/mol. The van der Waals surface area contributed by atoms with Crippen molar-refractivity contribution in [2.24, 2.45) is 4.99 Å². The van der Waals surface area contributed by atoms with E-state index >= 15 is 0 Å². The van der Waals surface area contributed by atoms with Gasteiger partial charge in [-0.2, -0.15) is 0 Å². The van der Waals surface area contributed by atoms with Gasteiger partial charge in [0.05, 0.1) is 11.4 Å². The predicted molar refractivity (Wildman–Crippen MR) is 68.2 cm³/mol. The Morgan fingerprint density at radius 3 is 2.47 bits per heavy atom. The molecule has 0 N–H and O–H groups in total.